The molecule has 4 aromatic rings. The van der Waals surface area contributed by atoms with Gasteiger partial charge in [0, 0.05) is 54.1 Å². The van der Waals surface area contributed by atoms with Crippen molar-refractivity contribution in [3.8, 4) is 0 Å². The molecule has 0 saturated carbocycles. The standard InChI is InChI=1S/C26H24Cl2F3N5O/c1-14-9-16(26(29,30)31)10-22-19(14)11-17(35(22)2)12-20-21(27)4-3-18(23(20)28)25(37)36-7-5-15(6-8-36)24-32-13-33-34-24/h3-4,9-11,13,15H,5-8,12H2,1-2H3,(H,32,33,34). The number of hydrogen-bond acceptors (Lipinski definition) is 3. The zero-order chi connectivity index (χ0) is 26.5. The summed E-state index contributed by atoms with van der Waals surface area (Å²) in [6, 6.07) is 7.42. The first-order valence-electron chi connectivity index (χ1n) is 11.8. The first-order valence-corrected chi connectivity index (χ1v) is 12.6. The van der Waals surface area contributed by atoms with Gasteiger partial charge in [0.1, 0.15) is 12.2 Å². The van der Waals surface area contributed by atoms with Crippen molar-refractivity contribution < 1.29 is 18.0 Å². The molecule has 0 aliphatic carbocycles. The predicted molar refractivity (Wildman–Crippen MR) is 136 cm³/mol. The number of hydrogen-bond donors (Lipinski definition) is 1. The monoisotopic (exact) mass is 549 g/mol. The van der Waals surface area contributed by atoms with Crippen LogP contribution in [0.15, 0.2) is 36.7 Å². The molecule has 1 aliphatic rings. The Hall–Kier alpha value is -3.04. The number of nitrogens with one attached hydrogen (secondary N) is 1. The van der Waals surface area contributed by atoms with E-state index < -0.39 is 11.7 Å². The fourth-order valence-corrected chi connectivity index (χ4v) is 5.63. The van der Waals surface area contributed by atoms with Gasteiger partial charge in [-0.2, -0.15) is 18.3 Å². The minimum atomic E-state index is -4.44. The Kier molecular flexibility index (Phi) is 6.70. The largest absolute Gasteiger partial charge is 0.416 e. The highest BCUT2D eigenvalue weighted by Crippen LogP contribution is 2.37. The van der Waals surface area contributed by atoms with Crippen molar-refractivity contribution in [3.05, 3.63) is 80.5 Å². The molecule has 0 atom stereocenters. The Bertz CT molecular complexity index is 1470. The number of carbonyl (C=O) groups excluding carboxylic acids is 1. The number of halogens is 5. The second-order valence-corrected chi connectivity index (χ2v) is 10.2. The van der Waals surface area contributed by atoms with Crippen LogP contribution in [0.5, 0.6) is 0 Å². The lowest BCUT2D eigenvalue weighted by Gasteiger charge is -2.31. The van der Waals surface area contributed by atoms with Crippen molar-refractivity contribution in [2.45, 2.75) is 38.3 Å². The highest BCUT2D eigenvalue weighted by Gasteiger charge is 2.32. The number of carbonyl (C=O) groups is 1. The summed E-state index contributed by atoms with van der Waals surface area (Å²) in [5.74, 6) is 0.865. The summed E-state index contributed by atoms with van der Waals surface area (Å²) in [7, 11) is 1.72. The molecule has 6 nitrogen and oxygen atoms in total. The summed E-state index contributed by atoms with van der Waals surface area (Å²) in [4.78, 5) is 19.4. The Morgan fingerprint density at radius 2 is 1.89 bits per heavy atom. The minimum Gasteiger partial charge on any atom is -0.347 e. The molecule has 0 bridgehead atoms. The number of fused-ring (bicyclic) bond motifs is 1. The van der Waals surface area contributed by atoms with E-state index in [1.54, 1.807) is 35.6 Å². The number of nitrogens with zero attached hydrogens (tertiary/aromatic N) is 4. The predicted octanol–water partition coefficient (Wildman–Crippen LogP) is 6.54. The average molecular weight is 550 g/mol. The molecule has 1 N–H and O–H groups in total. The molecule has 37 heavy (non-hydrogen) atoms. The van der Waals surface area contributed by atoms with Gasteiger partial charge in [0.05, 0.1) is 16.1 Å². The van der Waals surface area contributed by atoms with E-state index in [9.17, 15) is 18.0 Å². The SMILES string of the molecule is Cc1cc(C(F)(F)F)cc2c1cc(Cc1c(Cl)ccc(C(=O)N3CCC(c4ncn[nH]4)CC3)c1Cl)n2C. The normalized spacial score (nSPS) is 15.1. The fraction of sp³-hybridized carbons (Fsp3) is 0.346. The molecule has 11 heteroatoms. The van der Waals surface area contributed by atoms with E-state index >= 15 is 0 Å². The number of benzene rings is 2. The number of alkyl halides is 3. The number of amides is 1. The van der Waals surface area contributed by atoms with Crippen molar-refractivity contribution >= 4 is 40.0 Å². The summed E-state index contributed by atoms with van der Waals surface area (Å²) in [6.45, 7) is 2.77. The third kappa shape index (κ3) is 4.82. The van der Waals surface area contributed by atoms with Crippen LogP contribution in [-0.4, -0.2) is 43.6 Å². The van der Waals surface area contributed by atoms with Crippen molar-refractivity contribution in [1.29, 1.82) is 0 Å². The zero-order valence-electron chi connectivity index (χ0n) is 20.2. The number of aromatic nitrogens is 4. The average Bonchev–Trinajstić information content (AvgIpc) is 3.50. The van der Waals surface area contributed by atoms with Crippen LogP contribution in [0.3, 0.4) is 0 Å². The van der Waals surface area contributed by atoms with Crippen LogP contribution in [0.1, 0.15) is 57.3 Å². The van der Waals surface area contributed by atoms with E-state index in [4.69, 9.17) is 23.2 Å². The van der Waals surface area contributed by atoms with Gasteiger partial charge in [-0.3, -0.25) is 9.89 Å². The third-order valence-corrected chi connectivity index (χ3v) is 7.96. The Labute approximate surface area is 221 Å². The molecular weight excluding hydrogens is 526 g/mol. The molecule has 1 fully saturated rings. The topological polar surface area (TPSA) is 66.8 Å². The third-order valence-electron chi connectivity index (χ3n) is 7.17. The van der Waals surface area contributed by atoms with Crippen LogP contribution in [0.4, 0.5) is 13.2 Å². The van der Waals surface area contributed by atoms with Crippen molar-refractivity contribution in [2.75, 3.05) is 13.1 Å². The first kappa shape index (κ1) is 25.6. The molecule has 2 aromatic heterocycles. The molecule has 0 radical (unpaired) electrons. The number of rotatable bonds is 4. The molecule has 0 unspecified atom stereocenters. The number of H-pyrrole nitrogens is 1. The van der Waals surface area contributed by atoms with Crippen LogP contribution >= 0.6 is 23.2 Å². The van der Waals surface area contributed by atoms with E-state index in [0.29, 0.717) is 40.3 Å². The van der Waals surface area contributed by atoms with Crippen LogP contribution in [0, 0.1) is 6.92 Å². The fourth-order valence-electron chi connectivity index (χ4n) is 5.04. The lowest BCUT2D eigenvalue weighted by molar-refractivity contribution is -0.137. The number of aryl methyl sites for hydroxylation is 2. The first-order chi connectivity index (χ1) is 17.5. The molecule has 1 saturated heterocycles. The lowest BCUT2D eigenvalue weighted by atomic mass is 9.95. The molecule has 3 heterocycles. The highest BCUT2D eigenvalue weighted by molar-refractivity contribution is 6.38. The van der Waals surface area contributed by atoms with Crippen LogP contribution in [-0.2, 0) is 19.6 Å². The molecule has 0 spiro atoms. The van der Waals surface area contributed by atoms with E-state index in [0.717, 1.165) is 41.9 Å². The Balaban J connectivity index is 1.41. The second kappa shape index (κ2) is 9.68. The van der Waals surface area contributed by atoms with Crippen LogP contribution in [0.2, 0.25) is 10.0 Å². The van der Waals surface area contributed by atoms with Crippen molar-refractivity contribution in [3.63, 3.8) is 0 Å². The summed E-state index contributed by atoms with van der Waals surface area (Å²) in [6.07, 6.45) is -1.18. The Morgan fingerprint density at radius 1 is 1.16 bits per heavy atom. The van der Waals surface area contributed by atoms with Gasteiger partial charge in [0.2, 0.25) is 0 Å². The van der Waals surface area contributed by atoms with E-state index in [2.05, 4.69) is 15.2 Å². The number of likely N-dealkylation sites (tertiary alicyclic amines) is 1. The van der Waals surface area contributed by atoms with Gasteiger partial charge in [-0.15, -0.1) is 0 Å². The maximum atomic E-state index is 13.4. The summed E-state index contributed by atoms with van der Waals surface area (Å²) >= 11 is 13.2. The van der Waals surface area contributed by atoms with Gasteiger partial charge >= 0.3 is 6.18 Å². The van der Waals surface area contributed by atoms with E-state index in [-0.39, 0.29) is 23.3 Å². The van der Waals surface area contributed by atoms with Crippen molar-refractivity contribution in [2.24, 2.45) is 7.05 Å². The maximum absolute atomic E-state index is 13.4. The summed E-state index contributed by atoms with van der Waals surface area (Å²) in [5, 5.41) is 8.17. The summed E-state index contributed by atoms with van der Waals surface area (Å²) < 4.78 is 41.8. The molecule has 1 amide bonds. The smallest absolute Gasteiger partial charge is 0.347 e. The van der Waals surface area contributed by atoms with E-state index in [1.165, 1.54) is 6.33 Å². The Morgan fingerprint density at radius 3 is 2.54 bits per heavy atom. The van der Waals surface area contributed by atoms with Gasteiger partial charge in [0.25, 0.3) is 5.91 Å². The van der Waals surface area contributed by atoms with Crippen LogP contribution in [0.25, 0.3) is 10.9 Å². The van der Waals surface area contributed by atoms with Crippen LogP contribution < -0.4 is 0 Å². The molecular formula is C26H24Cl2F3N5O. The maximum Gasteiger partial charge on any atom is 0.416 e. The van der Waals surface area contributed by atoms with E-state index in [1.807, 2.05) is 6.07 Å². The van der Waals surface area contributed by atoms with Gasteiger partial charge in [-0.25, -0.2) is 4.98 Å². The molecule has 194 valence electrons. The van der Waals surface area contributed by atoms with Gasteiger partial charge < -0.3 is 9.47 Å². The lowest BCUT2D eigenvalue weighted by Crippen LogP contribution is -2.38. The second-order valence-electron chi connectivity index (χ2n) is 9.42. The van der Waals surface area contributed by atoms with Gasteiger partial charge in [-0.05, 0) is 61.2 Å². The highest BCUT2D eigenvalue weighted by atomic mass is 35.5. The molecule has 5 rings (SSSR count). The summed E-state index contributed by atoms with van der Waals surface area (Å²) in [5.41, 5.74) is 1.96. The zero-order valence-corrected chi connectivity index (χ0v) is 21.7. The number of aromatic amines is 1. The van der Waals surface area contributed by atoms with Gasteiger partial charge in [-0.1, -0.05) is 23.2 Å². The van der Waals surface area contributed by atoms with Crippen molar-refractivity contribution in [1.82, 2.24) is 24.6 Å². The minimum absolute atomic E-state index is 0.179. The molecule has 1 aliphatic heterocycles. The number of piperidine rings is 1. The molecule has 2 aromatic carbocycles. The van der Waals surface area contributed by atoms with Gasteiger partial charge in [0.15, 0.2) is 0 Å². The quantitative estimate of drug-likeness (QED) is 0.314.